The topological polar surface area (TPSA) is 122 Å². The number of piperidine rings is 1. The highest BCUT2D eigenvalue weighted by Gasteiger charge is 2.27. The second-order valence-electron chi connectivity index (χ2n) is 9.61. The maximum absolute atomic E-state index is 13.7. The monoisotopic (exact) mass is 549 g/mol. The molecule has 8 nitrogen and oxygen atoms in total. The summed E-state index contributed by atoms with van der Waals surface area (Å²) in [6.07, 6.45) is 6.24. The first kappa shape index (κ1) is 27.9. The van der Waals surface area contributed by atoms with Crippen LogP contribution < -0.4 is 10.6 Å². The molecule has 5 rings (SSSR count). The van der Waals surface area contributed by atoms with Gasteiger partial charge in [0, 0.05) is 59.5 Å². The molecule has 0 bridgehead atoms. The second kappa shape index (κ2) is 12.2. The third-order valence-electron chi connectivity index (χ3n) is 6.63. The average Bonchev–Trinajstić information content (AvgIpc) is 2.93. The number of carboxylic acids is 1. The van der Waals surface area contributed by atoms with Crippen LogP contribution in [0.1, 0.15) is 26.7 Å². The van der Waals surface area contributed by atoms with Gasteiger partial charge >= 0.3 is 5.97 Å². The summed E-state index contributed by atoms with van der Waals surface area (Å²) in [5.74, 6) is -0.896. The van der Waals surface area contributed by atoms with Crippen molar-refractivity contribution < 1.29 is 19.1 Å². The fourth-order valence-electron chi connectivity index (χ4n) is 4.38. The van der Waals surface area contributed by atoms with Crippen molar-refractivity contribution in [1.29, 1.82) is 0 Å². The van der Waals surface area contributed by atoms with E-state index in [4.69, 9.17) is 22.3 Å². The molecule has 0 unspecified atom stereocenters. The zero-order valence-electron chi connectivity index (χ0n) is 21.6. The van der Waals surface area contributed by atoms with Crippen LogP contribution in [-0.4, -0.2) is 45.0 Å². The van der Waals surface area contributed by atoms with Gasteiger partial charge in [0.2, 0.25) is 5.91 Å². The van der Waals surface area contributed by atoms with Crippen LogP contribution in [0, 0.1) is 17.7 Å². The molecule has 1 aliphatic rings. The molecule has 0 atom stereocenters. The zero-order valence-corrected chi connectivity index (χ0v) is 22.4. The number of amides is 1. The quantitative estimate of drug-likeness (QED) is 0.311. The summed E-state index contributed by atoms with van der Waals surface area (Å²) in [6.45, 7) is 4.71. The van der Waals surface area contributed by atoms with Gasteiger partial charge in [0.25, 0.3) is 0 Å². The maximum Gasteiger partial charge on any atom is 0.306 e. The third kappa shape index (κ3) is 6.49. The molecule has 0 saturated carbocycles. The minimum atomic E-state index is -0.754. The Balaban J connectivity index is 0.000000531. The smallest absolute Gasteiger partial charge is 0.306 e. The summed E-state index contributed by atoms with van der Waals surface area (Å²) in [6, 6.07) is 11.8. The Morgan fingerprint density at radius 2 is 1.72 bits per heavy atom. The average molecular weight is 550 g/mol. The largest absolute Gasteiger partial charge is 0.481 e. The van der Waals surface area contributed by atoms with Gasteiger partial charge < -0.3 is 15.7 Å². The van der Waals surface area contributed by atoms with Crippen molar-refractivity contribution >= 4 is 40.1 Å². The Hall–Kier alpha value is -4.11. The van der Waals surface area contributed by atoms with Crippen LogP contribution in [0.5, 0.6) is 0 Å². The number of rotatable bonds is 5. The number of aromatic nitrogens is 3. The van der Waals surface area contributed by atoms with E-state index in [0.717, 1.165) is 33.3 Å². The number of halogens is 2. The van der Waals surface area contributed by atoms with Crippen LogP contribution in [0.15, 0.2) is 61.1 Å². The molecule has 1 aliphatic heterocycles. The number of pyridine rings is 3. The van der Waals surface area contributed by atoms with Crippen molar-refractivity contribution in [3.05, 3.63) is 72.0 Å². The predicted octanol–water partition coefficient (Wildman–Crippen LogP) is 5.58. The molecule has 1 amide bonds. The normalized spacial score (nSPS) is 13.7. The molecule has 0 radical (unpaired) electrons. The van der Waals surface area contributed by atoms with Gasteiger partial charge in [-0.25, -0.2) is 14.4 Å². The summed E-state index contributed by atoms with van der Waals surface area (Å²) >= 11 is 6.20. The molecule has 3 aromatic heterocycles. The van der Waals surface area contributed by atoms with Gasteiger partial charge in [-0.2, -0.15) is 0 Å². The Morgan fingerprint density at radius 1 is 1.05 bits per heavy atom. The van der Waals surface area contributed by atoms with Crippen LogP contribution >= 0.6 is 11.6 Å². The summed E-state index contributed by atoms with van der Waals surface area (Å²) in [5, 5.41) is 11.5. The van der Waals surface area contributed by atoms with E-state index >= 15 is 0 Å². The molecular formula is C29H29ClFN5O3. The van der Waals surface area contributed by atoms with E-state index in [9.17, 15) is 19.1 Å². The Kier molecular flexibility index (Phi) is 8.71. The summed E-state index contributed by atoms with van der Waals surface area (Å²) in [7, 11) is 0. The van der Waals surface area contributed by atoms with Gasteiger partial charge in [-0.1, -0.05) is 37.6 Å². The van der Waals surface area contributed by atoms with Crippen molar-refractivity contribution in [3.8, 4) is 22.4 Å². The van der Waals surface area contributed by atoms with Crippen LogP contribution in [0.2, 0.25) is 5.15 Å². The summed E-state index contributed by atoms with van der Waals surface area (Å²) < 4.78 is 13.7. The van der Waals surface area contributed by atoms with Gasteiger partial charge in [-0.3, -0.25) is 14.6 Å². The third-order valence-corrected chi connectivity index (χ3v) is 6.84. The Labute approximate surface area is 230 Å². The Bertz CT molecular complexity index is 1490. The van der Waals surface area contributed by atoms with E-state index in [-0.39, 0.29) is 23.6 Å². The SMILES string of the molecule is CC(C)C(N)=O.O=C(O)C1CCN(c2nc(-c3ccnc(Cl)c3)c(-c3ccc(F)cc3)c3cnccc23)CC1. The molecule has 39 heavy (non-hydrogen) atoms. The number of anilines is 1. The molecule has 4 heterocycles. The van der Waals surface area contributed by atoms with E-state index in [1.165, 1.54) is 12.1 Å². The van der Waals surface area contributed by atoms with E-state index in [2.05, 4.69) is 14.9 Å². The molecule has 0 spiro atoms. The van der Waals surface area contributed by atoms with Crippen molar-refractivity contribution in [2.45, 2.75) is 26.7 Å². The lowest BCUT2D eigenvalue weighted by atomic mass is 9.93. The number of aliphatic carboxylic acids is 1. The molecule has 202 valence electrons. The lowest BCUT2D eigenvalue weighted by Gasteiger charge is -2.32. The molecule has 3 N–H and O–H groups in total. The van der Waals surface area contributed by atoms with E-state index in [1.807, 2.05) is 12.1 Å². The minimum Gasteiger partial charge on any atom is -0.481 e. The number of nitrogens with two attached hydrogens (primary N) is 1. The van der Waals surface area contributed by atoms with E-state index in [0.29, 0.717) is 36.8 Å². The first-order chi connectivity index (χ1) is 18.7. The fraction of sp³-hybridized carbons (Fsp3) is 0.276. The first-order valence-electron chi connectivity index (χ1n) is 12.6. The second-order valence-corrected chi connectivity index (χ2v) is 10.00. The molecule has 1 fully saturated rings. The molecule has 0 aliphatic carbocycles. The number of fused-ring (bicyclic) bond motifs is 1. The van der Waals surface area contributed by atoms with Crippen molar-refractivity contribution in [3.63, 3.8) is 0 Å². The highest BCUT2D eigenvalue weighted by Crippen LogP contribution is 2.41. The van der Waals surface area contributed by atoms with Gasteiger partial charge in [0.1, 0.15) is 16.8 Å². The minimum absolute atomic E-state index is 0.00926. The lowest BCUT2D eigenvalue weighted by Crippen LogP contribution is -2.37. The number of primary amides is 1. The van der Waals surface area contributed by atoms with Crippen LogP contribution in [0.4, 0.5) is 10.2 Å². The van der Waals surface area contributed by atoms with Crippen LogP contribution in [-0.2, 0) is 9.59 Å². The molecular weight excluding hydrogens is 521 g/mol. The fourth-order valence-corrected chi connectivity index (χ4v) is 4.56. The number of benzene rings is 1. The molecule has 1 aromatic carbocycles. The summed E-state index contributed by atoms with van der Waals surface area (Å²) in [4.78, 5) is 37.0. The van der Waals surface area contributed by atoms with Gasteiger partial charge in [-0.05, 0) is 48.7 Å². The first-order valence-corrected chi connectivity index (χ1v) is 13.0. The predicted molar refractivity (Wildman–Crippen MR) is 150 cm³/mol. The molecule has 4 aromatic rings. The van der Waals surface area contributed by atoms with Gasteiger partial charge in [0.15, 0.2) is 0 Å². The number of carbonyl (C=O) groups excluding carboxylic acids is 1. The van der Waals surface area contributed by atoms with Gasteiger partial charge in [-0.15, -0.1) is 0 Å². The van der Waals surface area contributed by atoms with Gasteiger partial charge in [0.05, 0.1) is 11.6 Å². The van der Waals surface area contributed by atoms with Crippen LogP contribution in [0.3, 0.4) is 0 Å². The van der Waals surface area contributed by atoms with E-state index in [1.54, 1.807) is 50.6 Å². The standard InChI is InChI=1S/C25H20ClFN4O2.C4H9NO/c26-21-13-17(5-10-29-21)23-22(15-1-3-18(27)4-2-15)20-14-28-9-6-19(20)24(30-23)31-11-7-16(8-12-31)25(32)33;1-3(2)4(5)6/h1-6,9-10,13-14,16H,7-8,11-12H2,(H,32,33);3H,1-2H3,(H2,5,6). The molecule has 1 saturated heterocycles. The van der Waals surface area contributed by atoms with Crippen molar-refractivity contribution in [2.75, 3.05) is 18.0 Å². The highest BCUT2D eigenvalue weighted by molar-refractivity contribution is 6.29. The number of carbonyl (C=O) groups is 2. The van der Waals surface area contributed by atoms with E-state index < -0.39 is 5.97 Å². The number of hydrogen-bond donors (Lipinski definition) is 2. The number of nitrogens with zero attached hydrogens (tertiary/aromatic N) is 4. The lowest BCUT2D eigenvalue weighted by molar-refractivity contribution is -0.142. The highest BCUT2D eigenvalue weighted by atomic mass is 35.5. The van der Waals surface area contributed by atoms with Crippen molar-refractivity contribution in [1.82, 2.24) is 15.0 Å². The van der Waals surface area contributed by atoms with Crippen molar-refractivity contribution in [2.24, 2.45) is 17.6 Å². The molecule has 10 heteroatoms. The van der Waals surface area contributed by atoms with Crippen LogP contribution in [0.25, 0.3) is 33.2 Å². The zero-order chi connectivity index (χ0) is 28.1. The number of hydrogen-bond acceptors (Lipinski definition) is 6. The Morgan fingerprint density at radius 3 is 2.31 bits per heavy atom. The number of carboxylic acid groups (broad SMARTS) is 1. The maximum atomic E-state index is 13.7. The summed E-state index contributed by atoms with van der Waals surface area (Å²) in [5.41, 5.74) is 7.89.